The highest BCUT2D eigenvalue weighted by Crippen LogP contribution is 2.27. The topological polar surface area (TPSA) is 81.4 Å². The molecular formula is C13H11F3N6O. The Hall–Kier alpha value is -2.91. The van der Waals surface area contributed by atoms with Gasteiger partial charge in [-0.3, -0.25) is 14.5 Å². The van der Waals surface area contributed by atoms with Crippen LogP contribution in [0.2, 0.25) is 0 Å². The van der Waals surface area contributed by atoms with Crippen molar-refractivity contribution in [2.45, 2.75) is 19.5 Å². The molecule has 120 valence electrons. The molecule has 23 heavy (non-hydrogen) atoms. The highest BCUT2D eigenvalue weighted by molar-refractivity contribution is 5.32. The second-order valence-electron chi connectivity index (χ2n) is 4.68. The summed E-state index contributed by atoms with van der Waals surface area (Å²) >= 11 is 0. The molecule has 0 aliphatic carbocycles. The highest BCUT2D eigenvalue weighted by atomic mass is 19.4. The van der Waals surface area contributed by atoms with Crippen molar-refractivity contribution >= 4 is 0 Å². The Morgan fingerprint density at radius 1 is 1.26 bits per heavy atom. The lowest BCUT2D eigenvalue weighted by molar-refractivity contribution is -0.140. The normalized spacial score (nSPS) is 11.8. The Bertz CT molecular complexity index is 891. The second kappa shape index (κ2) is 5.38. The maximum absolute atomic E-state index is 12.6. The molecule has 1 N–H and O–H groups in total. The largest absolute Gasteiger partial charge is 0.434 e. The van der Waals surface area contributed by atoms with Crippen LogP contribution in [0.1, 0.15) is 18.3 Å². The fourth-order valence-electron chi connectivity index (χ4n) is 2.02. The first-order valence-corrected chi connectivity index (χ1v) is 6.63. The molecule has 10 heteroatoms. The fraction of sp³-hybridized carbons (Fsp3) is 0.231. The van der Waals surface area contributed by atoms with Crippen molar-refractivity contribution in [2.24, 2.45) is 0 Å². The molecule has 0 fully saturated rings. The molecule has 3 aromatic rings. The SMILES string of the molecule is CCc1cc(-n2[nH]cc(-n3cnc(C(F)(F)F)c3)c2=O)ncn1. The van der Waals surface area contributed by atoms with Crippen molar-refractivity contribution in [3.63, 3.8) is 0 Å². The number of nitrogens with one attached hydrogen (secondary N) is 1. The number of hydrogen-bond donors (Lipinski definition) is 1. The number of aromatic amines is 1. The molecule has 0 aliphatic rings. The van der Waals surface area contributed by atoms with Crippen LogP contribution in [0.5, 0.6) is 0 Å². The number of alkyl halides is 3. The van der Waals surface area contributed by atoms with Gasteiger partial charge in [-0.15, -0.1) is 0 Å². The average Bonchev–Trinajstić information content (AvgIpc) is 3.13. The van der Waals surface area contributed by atoms with E-state index in [-0.39, 0.29) is 5.69 Å². The second-order valence-corrected chi connectivity index (χ2v) is 4.68. The quantitative estimate of drug-likeness (QED) is 0.795. The molecule has 0 spiro atoms. The zero-order chi connectivity index (χ0) is 16.6. The number of aromatic nitrogens is 6. The summed E-state index contributed by atoms with van der Waals surface area (Å²) in [5.41, 5.74) is -0.874. The number of nitrogens with zero attached hydrogens (tertiary/aromatic N) is 5. The van der Waals surface area contributed by atoms with E-state index in [9.17, 15) is 18.0 Å². The van der Waals surface area contributed by atoms with E-state index in [1.54, 1.807) is 6.07 Å². The molecule has 0 saturated heterocycles. The van der Waals surface area contributed by atoms with Crippen LogP contribution >= 0.6 is 0 Å². The van der Waals surface area contributed by atoms with Crippen molar-refractivity contribution < 1.29 is 13.2 Å². The Labute approximate surface area is 127 Å². The van der Waals surface area contributed by atoms with Crippen LogP contribution in [0.3, 0.4) is 0 Å². The molecule has 3 heterocycles. The first-order valence-electron chi connectivity index (χ1n) is 6.63. The van der Waals surface area contributed by atoms with Crippen molar-refractivity contribution in [1.82, 2.24) is 29.3 Å². The van der Waals surface area contributed by atoms with Gasteiger partial charge >= 0.3 is 6.18 Å². The summed E-state index contributed by atoms with van der Waals surface area (Å²) in [6.45, 7) is 1.90. The lowest BCUT2D eigenvalue weighted by Gasteiger charge is -2.01. The molecule has 0 aromatic carbocycles. The van der Waals surface area contributed by atoms with Gasteiger partial charge in [0.2, 0.25) is 0 Å². The first-order chi connectivity index (χ1) is 10.9. The van der Waals surface area contributed by atoms with Crippen LogP contribution in [0, 0.1) is 0 Å². The van der Waals surface area contributed by atoms with Crippen molar-refractivity contribution in [1.29, 1.82) is 0 Å². The van der Waals surface area contributed by atoms with Gasteiger partial charge in [-0.05, 0) is 6.42 Å². The molecule has 0 unspecified atom stereocenters. The van der Waals surface area contributed by atoms with E-state index in [4.69, 9.17) is 0 Å². The van der Waals surface area contributed by atoms with Crippen LogP contribution in [-0.2, 0) is 12.6 Å². The lowest BCUT2D eigenvalue weighted by atomic mass is 10.3. The van der Waals surface area contributed by atoms with Gasteiger partial charge in [0.1, 0.15) is 18.3 Å². The van der Waals surface area contributed by atoms with E-state index in [1.807, 2.05) is 6.92 Å². The standard InChI is InChI=1S/C13H11F3N6O/c1-2-8-3-11(18-6-17-8)22-12(23)9(4-20-22)21-5-10(19-7-21)13(14,15)16/h3-7,20H,2H2,1H3. The third-order valence-electron chi connectivity index (χ3n) is 3.20. The van der Waals surface area contributed by atoms with Crippen LogP contribution in [0.4, 0.5) is 13.2 Å². The number of imidazole rings is 1. The zero-order valence-electron chi connectivity index (χ0n) is 11.9. The summed E-state index contributed by atoms with van der Waals surface area (Å²) in [5.74, 6) is 0.310. The van der Waals surface area contributed by atoms with Crippen molar-refractivity contribution in [2.75, 3.05) is 0 Å². The van der Waals surface area contributed by atoms with Gasteiger partial charge in [0.15, 0.2) is 11.5 Å². The molecule has 0 radical (unpaired) electrons. The van der Waals surface area contributed by atoms with Crippen LogP contribution < -0.4 is 5.56 Å². The smallest absolute Gasteiger partial charge is 0.299 e. The molecule has 0 amide bonds. The van der Waals surface area contributed by atoms with Gasteiger partial charge in [0.05, 0.1) is 0 Å². The summed E-state index contributed by atoms with van der Waals surface area (Å²) in [6, 6.07) is 1.62. The summed E-state index contributed by atoms with van der Waals surface area (Å²) in [7, 11) is 0. The minimum absolute atomic E-state index is 0.00432. The van der Waals surface area contributed by atoms with E-state index < -0.39 is 17.4 Å². The summed E-state index contributed by atoms with van der Waals surface area (Å²) in [4.78, 5) is 23.6. The van der Waals surface area contributed by atoms with E-state index >= 15 is 0 Å². The van der Waals surface area contributed by atoms with Gasteiger partial charge < -0.3 is 0 Å². The monoisotopic (exact) mass is 324 g/mol. The Morgan fingerprint density at radius 3 is 2.70 bits per heavy atom. The average molecular weight is 324 g/mol. The molecule has 0 bridgehead atoms. The Balaban J connectivity index is 2.02. The number of hydrogen-bond acceptors (Lipinski definition) is 4. The molecular weight excluding hydrogens is 313 g/mol. The molecule has 0 saturated carbocycles. The molecule has 3 rings (SSSR count). The summed E-state index contributed by atoms with van der Waals surface area (Å²) in [5, 5.41) is 2.67. The summed E-state index contributed by atoms with van der Waals surface area (Å²) < 4.78 is 39.9. The first kappa shape index (κ1) is 15.0. The van der Waals surface area contributed by atoms with Gasteiger partial charge in [0, 0.05) is 24.2 Å². The van der Waals surface area contributed by atoms with Crippen LogP contribution in [0.25, 0.3) is 11.5 Å². The zero-order valence-corrected chi connectivity index (χ0v) is 11.9. The van der Waals surface area contributed by atoms with E-state index in [1.165, 1.54) is 12.5 Å². The van der Waals surface area contributed by atoms with Gasteiger partial charge in [-0.2, -0.15) is 17.9 Å². The van der Waals surface area contributed by atoms with Crippen LogP contribution in [0.15, 0.2) is 35.9 Å². The van der Waals surface area contributed by atoms with E-state index in [2.05, 4.69) is 20.1 Å². The van der Waals surface area contributed by atoms with Gasteiger partial charge in [0.25, 0.3) is 5.56 Å². The number of rotatable bonds is 3. The lowest BCUT2D eigenvalue weighted by Crippen LogP contribution is -2.19. The number of halogens is 3. The maximum Gasteiger partial charge on any atom is 0.434 e. The Kier molecular flexibility index (Phi) is 3.51. The van der Waals surface area contributed by atoms with Crippen molar-refractivity contribution in [3.8, 4) is 11.5 Å². The number of aryl methyl sites for hydroxylation is 1. The van der Waals surface area contributed by atoms with Crippen LogP contribution in [-0.4, -0.2) is 29.3 Å². The predicted molar refractivity (Wildman–Crippen MR) is 73.5 cm³/mol. The van der Waals surface area contributed by atoms with Gasteiger partial charge in [-0.25, -0.2) is 15.0 Å². The summed E-state index contributed by atoms with van der Waals surface area (Å²) in [6.07, 6.45) is 0.400. The molecule has 0 atom stereocenters. The minimum Gasteiger partial charge on any atom is -0.299 e. The van der Waals surface area contributed by atoms with E-state index in [0.717, 1.165) is 27.5 Å². The number of H-pyrrole nitrogens is 1. The fourth-order valence-corrected chi connectivity index (χ4v) is 2.02. The predicted octanol–water partition coefficient (Wildman–Crippen LogP) is 1.72. The maximum atomic E-state index is 12.6. The highest BCUT2D eigenvalue weighted by Gasteiger charge is 2.33. The third-order valence-corrected chi connectivity index (χ3v) is 3.20. The third kappa shape index (κ3) is 2.74. The van der Waals surface area contributed by atoms with Crippen molar-refractivity contribution in [3.05, 3.63) is 52.9 Å². The minimum atomic E-state index is -4.57. The van der Waals surface area contributed by atoms with E-state index in [0.29, 0.717) is 12.2 Å². The molecule has 3 aromatic heterocycles. The Morgan fingerprint density at radius 2 is 2.04 bits per heavy atom. The molecule has 0 aliphatic heterocycles. The van der Waals surface area contributed by atoms with Gasteiger partial charge in [-0.1, -0.05) is 6.92 Å². The molecule has 7 nitrogen and oxygen atoms in total.